The van der Waals surface area contributed by atoms with Gasteiger partial charge in [-0.05, 0) is 12.1 Å². The van der Waals surface area contributed by atoms with Crippen molar-refractivity contribution in [1.29, 1.82) is 10.8 Å². The maximum Gasteiger partial charge on any atom is 0.336 e. The van der Waals surface area contributed by atoms with Gasteiger partial charge in [-0.15, -0.1) is 12.6 Å². The summed E-state index contributed by atoms with van der Waals surface area (Å²) in [5, 5.41) is 20.5. The Morgan fingerprint density at radius 2 is 1.83 bits per heavy atom. The Balaban J connectivity index is 0.000000561. The third-order valence-corrected chi connectivity index (χ3v) is 1.52. The maximum absolute atomic E-state index is 10.4. The summed E-state index contributed by atoms with van der Waals surface area (Å²) in [5.74, 6) is -0.939. The lowest BCUT2D eigenvalue weighted by atomic mass is 10.2. The molecule has 0 unspecified atom stereocenters. The molecule has 0 aliphatic rings. The van der Waals surface area contributed by atoms with Gasteiger partial charge >= 0.3 is 5.97 Å². The number of carboxylic acid groups (broad SMARTS) is 1. The number of rotatable bonds is 1. The van der Waals surface area contributed by atoms with Gasteiger partial charge in [-0.2, -0.15) is 0 Å². The summed E-state index contributed by atoms with van der Waals surface area (Å²) >= 11 is 3.96. The second-order valence-electron chi connectivity index (χ2n) is 1.82. The summed E-state index contributed by atoms with van der Waals surface area (Å²) in [7, 11) is 0. The van der Waals surface area contributed by atoms with Crippen LogP contribution < -0.4 is 0 Å². The number of hydrogen-bond acceptors (Lipinski definition) is 4. The van der Waals surface area contributed by atoms with Crippen LogP contribution in [0.3, 0.4) is 0 Å². The number of hydrogen-bond donors (Lipinski definition) is 2. The van der Waals surface area contributed by atoms with E-state index in [1.807, 2.05) is 0 Å². The maximum atomic E-state index is 10.4. The number of benzene rings is 1. The Morgan fingerprint density at radius 3 is 2.17 bits per heavy atom. The summed E-state index contributed by atoms with van der Waals surface area (Å²) in [5.41, 5.74) is 0.242. The third kappa shape index (κ3) is 2.60. The van der Waals surface area contributed by atoms with Gasteiger partial charge in [0.2, 0.25) is 0 Å². The predicted octanol–water partition coefficient (Wildman–Crippen LogP) is 1.70. The van der Waals surface area contributed by atoms with Crippen molar-refractivity contribution in [2.75, 3.05) is 0 Å². The lowest BCUT2D eigenvalue weighted by Gasteiger charge is -1.95. The molecule has 1 aromatic rings. The molecule has 5 heteroatoms. The number of aromatic carboxylic acids is 1. The van der Waals surface area contributed by atoms with Gasteiger partial charge in [0.15, 0.2) is 0 Å². The first kappa shape index (κ1) is 10.5. The second kappa shape index (κ2) is 5.16. The fourth-order valence-electron chi connectivity index (χ4n) is 0.654. The minimum absolute atomic E-state index is 0.242. The highest BCUT2D eigenvalue weighted by atomic mass is 32.1. The van der Waals surface area contributed by atoms with Crippen molar-refractivity contribution in [2.24, 2.45) is 0 Å². The van der Waals surface area contributed by atoms with Crippen LogP contribution in [-0.2, 0) is 0 Å². The molecule has 1 aromatic carbocycles. The van der Waals surface area contributed by atoms with Crippen LogP contribution in [-0.4, -0.2) is 11.1 Å². The molecule has 0 aliphatic carbocycles. The van der Waals surface area contributed by atoms with Crippen molar-refractivity contribution >= 4 is 18.6 Å². The van der Waals surface area contributed by atoms with E-state index in [0.29, 0.717) is 4.90 Å². The fraction of sp³-hybridized carbons (Fsp3) is 0. The first-order valence-electron chi connectivity index (χ1n) is 2.93. The minimum Gasteiger partial charge on any atom is -0.478 e. The van der Waals surface area contributed by atoms with Crippen LogP contribution in [0.25, 0.3) is 0 Å². The van der Waals surface area contributed by atoms with Gasteiger partial charge in [-0.25, -0.2) is 4.79 Å². The summed E-state index contributed by atoms with van der Waals surface area (Å²) in [6.45, 7) is 0. The number of carbonyl (C=O) groups is 1. The van der Waals surface area contributed by atoms with Crippen molar-refractivity contribution in [3.8, 4) is 0 Å². The molecule has 0 atom stereocenters. The predicted molar refractivity (Wildman–Crippen MR) is 44.1 cm³/mol. The molecule has 0 amide bonds. The SMILES string of the molecule is N#N.O=C(O)c1ccccc1S. The summed E-state index contributed by atoms with van der Waals surface area (Å²) in [6, 6.07) is 6.58. The molecule has 0 aliphatic heterocycles. The monoisotopic (exact) mass is 182 g/mol. The molecule has 0 spiro atoms. The van der Waals surface area contributed by atoms with Gasteiger partial charge in [-0.3, -0.25) is 0 Å². The van der Waals surface area contributed by atoms with Gasteiger partial charge in [-0.1, -0.05) is 12.1 Å². The first-order chi connectivity index (χ1) is 5.72. The van der Waals surface area contributed by atoms with E-state index in [4.69, 9.17) is 15.9 Å². The summed E-state index contributed by atoms with van der Waals surface area (Å²) in [6.07, 6.45) is 0. The Hall–Kier alpha value is -1.54. The van der Waals surface area contributed by atoms with Crippen LogP contribution in [0.5, 0.6) is 0 Å². The molecule has 1 N–H and O–H groups in total. The van der Waals surface area contributed by atoms with Gasteiger partial charge in [0.25, 0.3) is 0 Å². The number of carboxylic acids is 1. The molecule has 0 heterocycles. The van der Waals surface area contributed by atoms with Crippen LogP contribution >= 0.6 is 12.6 Å². The molecule has 62 valence electrons. The molecule has 0 aromatic heterocycles. The van der Waals surface area contributed by atoms with E-state index in [1.54, 1.807) is 18.2 Å². The molecular weight excluding hydrogens is 176 g/mol. The van der Waals surface area contributed by atoms with Gasteiger partial charge in [0.1, 0.15) is 0 Å². The van der Waals surface area contributed by atoms with Crippen LogP contribution in [0.1, 0.15) is 10.4 Å². The normalized spacial score (nSPS) is 7.92. The quantitative estimate of drug-likeness (QED) is 0.511. The first-order valence-corrected chi connectivity index (χ1v) is 3.38. The van der Waals surface area contributed by atoms with E-state index in [2.05, 4.69) is 12.6 Å². The second-order valence-corrected chi connectivity index (χ2v) is 2.30. The van der Waals surface area contributed by atoms with Crippen molar-refractivity contribution < 1.29 is 9.90 Å². The number of thiol groups is 1. The van der Waals surface area contributed by atoms with Crippen LogP contribution in [0, 0.1) is 10.8 Å². The summed E-state index contributed by atoms with van der Waals surface area (Å²) in [4.78, 5) is 10.9. The fourth-order valence-corrected chi connectivity index (χ4v) is 0.911. The Kier molecular flexibility index (Phi) is 4.49. The largest absolute Gasteiger partial charge is 0.478 e. The average molecular weight is 182 g/mol. The van der Waals surface area contributed by atoms with Gasteiger partial charge in [0, 0.05) is 15.7 Å². The molecule has 12 heavy (non-hydrogen) atoms. The molecule has 0 radical (unpaired) electrons. The average Bonchev–Trinajstić information content (AvgIpc) is 2.08. The molecule has 0 bridgehead atoms. The molecule has 0 saturated carbocycles. The lowest BCUT2D eigenvalue weighted by molar-refractivity contribution is 0.0693. The van der Waals surface area contributed by atoms with E-state index in [-0.39, 0.29) is 5.56 Å². The molecule has 0 saturated heterocycles. The molecular formula is C7H6N2O2S. The zero-order valence-corrected chi connectivity index (χ0v) is 6.90. The lowest BCUT2D eigenvalue weighted by Crippen LogP contribution is -1.96. The highest BCUT2D eigenvalue weighted by Crippen LogP contribution is 2.11. The van der Waals surface area contributed by atoms with Crippen LogP contribution in [0.15, 0.2) is 29.2 Å². The van der Waals surface area contributed by atoms with E-state index in [9.17, 15) is 4.79 Å². The van der Waals surface area contributed by atoms with Gasteiger partial charge in [0.05, 0.1) is 5.56 Å². The van der Waals surface area contributed by atoms with Crippen LogP contribution in [0.4, 0.5) is 0 Å². The molecule has 0 fully saturated rings. The highest BCUT2D eigenvalue weighted by molar-refractivity contribution is 7.80. The molecule has 4 nitrogen and oxygen atoms in total. The van der Waals surface area contributed by atoms with E-state index in [1.165, 1.54) is 6.07 Å². The molecule has 1 rings (SSSR count). The van der Waals surface area contributed by atoms with Crippen molar-refractivity contribution in [3.63, 3.8) is 0 Å². The highest BCUT2D eigenvalue weighted by Gasteiger charge is 2.03. The zero-order valence-electron chi connectivity index (χ0n) is 6.01. The summed E-state index contributed by atoms with van der Waals surface area (Å²) < 4.78 is 0. The van der Waals surface area contributed by atoms with Gasteiger partial charge < -0.3 is 5.11 Å². The number of nitrogens with zero attached hydrogens (tertiary/aromatic N) is 2. The van der Waals surface area contributed by atoms with Crippen molar-refractivity contribution in [3.05, 3.63) is 29.8 Å². The standard InChI is InChI=1S/C7H6O2S.N2/c8-7(9)5-3-1-2-4-6(5)10;1-2/h1-4,10H,(H,8,9);. The smallest absolute Gasteiger partial charge is 0.336 e. The Labute approximate surface area is 74.7 Å². The van der Waals surface area contributed by atoms with Crippen molar-refractivity contribution in [1.82, 2.24) is 0 Å². The Bertz CT molecular complexity index is 298. The third-order valence-electron chi connectivity index (χ3n) is 1.13. The van der Waals surface area contributed by atoms with E-state index >= 15 is 0 Å². The zero-order chi connectivity index (χ0) is 9.56. The topological polar surface area (TPSA) is 84.9 Å². The minimum atomic E-state index is -0.939. The van der Waals surface area contributed by atoms with E-state index < -0.39 is 5.97 Å². The van der Waals surface area contributed by atoms with E-state index in [0.717, 1.165) is 0 Å². The van der Waals surface area contributed by atoms with Crippen LogP contribution in [0.2, 0.25) is 0 Å². The van der Waals surface area contributed by atoms with Crippen molar-refractivity contribution in [2.45, 2.75) is 4.90 Å². The Morgan fingerprint density at radius 1 is 1.33 bits per heavy atom.